The highest BCUT2D eigenvalue weighted by Crippen LogP contribution is 2.33. The van der Waals surface area contributed by atoms with Crippen molar-refractivity contribution < 1.29 is 9.53 Å². The van der Waals surface area contributed by atoms with Crippen LogP contribution in [0.25, 0.3) is 11.3 Å². The van der Waals surface area contributed by atoms with E-state index in [0.29, 0.717) is 10.7 Å². The Hall–Kier alpha value is -2.93. The number of anilines is 1. The number of thiazole rings is 1. The van der Waals surface area contributed by atoms with Gasteiger partial charge in [-0.1, -0.05) is 11.6 Å². The maximum Gasteiger partial charge on any atom is 0.257 e. The summed E-state index contributed by atoms with van der Waals surface area (Å²) < 4.78 is 6.78. The van der Waals surface area contributed by atoms with Gasteiger partial charge in [0.25, 0.3) is 11.5 Å². The minimum atomic E-state index is -0.366. The highest BCUT2D eigenvalue weighted by Gasteiger charge is 2.13. The first-order chi connectivity index (χ1) is 12.0. The number of aryl methyl sites for hydroxylation is 2. The lowest BCUT2D eigenvalue weighted by molar-refractivity contribution is 0.102. The second-order valence-electron chi connectivity index (χ2n) is 5.56. The first-order valence-corrected chi connectivity index (χ1v) is 8.44. The highest BCUT2D eigenvalue weighted by molar-refractivity contribution is 7.14. The van der Waals surface area contributed by atoms with E-state index in [2.05, 4.69) is 10.3 Å². The van der Waals surface area contributed by atoms with Gasteiger partial charge in [-0.3, -0.25) is 14.9 Å². The van der Waals surface area contributed by atoms with Crippen LogP contribution < -0.4 is 15.6 Å². The molecule has 2 heterocycles. The summed E-state index contributed by atoms with van der Waals surface area (Å²) >= 11 is 1.32. The lowest BCUT2D eigenvalue weighted by atomic mass is 10.1. The Balaban J connectivity index is 1.84. The van der Waals surface area contributed by atoms with Crippen molar-refractivity contribution in [3.63, 3.8) is 0 Å². The second-order valence-corrected chi connectivity index (χ2v) is 6.42. The van der Waals surface area contributed by atoms with Crippen molar-refractivity contribution in [3.05, 3.63) is 63.4 Å². The molecule has 0 atom stereocenters. The molecule has 7 heteroatoms. The van der Waals surface area contributed by atoms with Crippen molar-refractivity contribution in [3.8, 4) is 17.0 Å². The molecule has 1 amide bonds. The molecule has 0 radical (unpaired) electrons. The summed E-state index contributed by atoms with van der Waals surface area (Å²) in [4.78, 5) is 28.4. The number of carbonyl (C=O) groups excluding carboxylic acids is 1. The summed E-state index contributed by atoms with van der Waals surface area (Å²) in [5.74, 6) is 0.357. The average molecular weight is 355 g/mol. The van der Waals surface area contributed by atoms with Crippen LogP contribution in [0.3, 0.4) is 0 Å². The molecule has 3 aromatic rings. The third kappa shape index (κ3) is 3.61. The summed E-state index contributed by atoms with van der Waals surface area (Å²) in [6.45, 7) is 1.99. The summed E-state index contributed by atoms with van der Waals surface area (Å²) in [5, 5.41) is 5.05. The van der Waals surface area contributed by atoms with Gasteiger partial charge in [-0.25, -0.2) is 4.98 Å². The number of hydrogen-bond acceptors (Lipinski definition) is 5. The number of carbonyl (C=O) groups is 1. The Morgan fingerprint density at radius 3 is 2.80 bits per heavy atom. The lowest BCUT2D eigenvalue weighted by Gasteiger charge is -2.07. The van der Waals surface area contributed by atoms with E-state index in [0.717, 1.165) is 22.6 Å². The minimum Gasteiger partial charge on any atom is -0.496 e. The van der Waals surface area contributed by atoms with Crippen molar-refractivity contribution >= 4 is 22.4 Å². The average Bonchev–Trinajstić information content (AvgIpc) is 3.05. The van der Waals surface area contributed by atoms with Crippen LogP contribution in [0.1, 0.15) is 15.9 Å². The zero-order chi connectivity index (χ0) is 18.0. The van der Waals surface area contributed by atoms with Crippen LogP contribution in [0.5, 0.6) is 5.75 Å². The molecule has 3 rings (SSSR count). The van der Waals surface area contributed by atoms with Crippen molar-refractivity contribution in [2.24, 2.45) is 7.05 Å². The third-order valence-corrected chi connectivity index (χ3v) is 4.48. The number of aromatic nitrogens is 2. The fourth-order valence-corrected chi connectivity index (χ4v) is 3.04. The number of benzene rings is 1. The molecule has 25 heavy (non-hydrogen) atoms. The zero-order valence-corrected chi connectivity index (χ0v) is 14.9. The SMILES string of the molecule is COc1ccc(C)cc1-c1csc(NC(=O)c2ccn(C)c(=O)c2)n1. The van der Waals surface area contributed by atoms with Gasteiger partial charge >= 0.3 is 0 Å². The predicted molar refractivity (Wildman–Crippen MR) is 98.5 cm³/mol. The standard InChI is InChI=1S/C18H17N3O3S/c1-11-4-5-15(24-3)13(8-11)14-10-25-18(19-14)20-17(23)12-6-7-21(2)16(22)9-12/h4-10H,1-3H3,(H,19,20,23). The predicted octanol–water partition coefficient (Wildman–Crippen LogP) is 3.08. The van der Waals surface area contributed by atoms with Crippen LogP contribution in [0.4, 0.5) is 5.13 Å². The van der Waals surface area contributed by atoms with Crippen LogP contribution >= 0.6 is 11.3 Å². The van der Waals surface area contributed by atoms with Gasteiger partial charge in [0.05, 0.1) is 12.8 Å². The van der Waals surface area contributed by atoms with E-state index < -0.39 is 0 Å². The maximum atomic E-state index is 12.3. The molecule has 128 valence electrons. The number of pyridine rings is 1. The monoisotopic (exact) mass is 355 g/mol. The van der Waals surface area contributed by atoms with E-state index in [1.165, 1.54) is 22.0 Å². The molecule has 0 spiro atoms. The normalized spacial score (nSPS) is 10.5. The lowest BCUT2D eigenvalue weighted by Crippen LogP contribution is -2.19. The summed E-state index contributed by atoms with van der Waals surface area (Å²) in [6, 6.07) is 8.73. The van der Waals surface area contributed by atoms with Crippen molar-refractivity contribution in [1.29, 1.82) is 0 Å². The molecule has 0 aliphatic carbocycles. The van der Waals surface area contributed by atoms with Gasteiger partial charge in [0, 0.05) is 35.8 Å². The van der Waals surface area contributed by atoms with Gasteiger partial charge in [-0.2, -0.15) is 0 Å². The van der Waals surface area contributed by atoms with Crippen LogP contribution in [0.2, 0.25) is 0 Å². The molecular formula is C18H17N3O3S. The van der Waals surface area contributed by atoms with Gasteiger partial charge in [0.2, 0.25) is 0 Å². The molecule has 1 aromatic carbocycles. The zero-order valence-electron chi connectivity index (χ0n) is 14.1. The quantitative estimate of drug-likeness (QED) is 0.780. The maximum absolute atomic E-state index is 12.3. The Kier molecular flexibility index (Phi) is 4.67. The van der Waals surface area contributed by atoms with Crippen molar-refractivity contribution in [1.82, 2.24) is 9.55 Å². The first kappa shape index (κ1) is 16.9. The minimum absolute atomic E-state index is 0.239. The Morgan fingerprint density at radius 1 is 1.28 bits per heavy atom. The Morgan fingerprint density at radius 2 is 2.08 bits per heavy atom. The van der Waals surface area contributed by atoms with Crippen molar-refractivity contribution in [2.45, 2.75) is 6.92 Å². The van der Waals surface area contributed by atoms with Gasteiger partial charge in [0.1, 0.15) is 5.75 Å². The van der Waals surface area contributed by atoms with E-state index in [1.807, 2.05) is 30.5 Å². The number of nitrogens with one attached hydrogen (secondary N) is 1. The topological polar surface area (TPSA) is 73.2 Å². The smallest absolute Gasteiger partial charge is 0.257 e. The van der Waals surface area contributed by atoms with Crippen molar-refractivity contribution in [2.75, 3.05) is 12.4 Å². The van der Waals surface area contributed by atoms with Gasteiger partial charge < -0.3 is 9.30 Å². The molecule has 0 aliphatic heterocycles. The first-order valence-electron chi connectivity index (χ1n) is 7.56. The van der Waals surface area contributed by atoms with E-state index in [9.17, 15) is 9.59 Å². The Labute approximate surface area is 148 Å². The van der Waals surface area contributed by atoms with Gasteiger partial charge in [-0.15, -0.1) is 11.3 Å². The number of hydrogen-bond donors (Lipinski definition) is 1. The molecule has 0 aliphatic rings. The molecule has 0 saturated heterocycles. The highest BCUT2D eigenvalue weighted by atomic mass is 32.1. The number of ether oxygens (including phenoxy) is 1. The molecule has 6 nitrogen and oxygen atoms in total. The second kappa shape index (κ2) is 6.90. The fourth-order valence-electron chi connectivity index (χ4n) is 2.34. The van der Waals surface area contributed by atoms with E-state index in [1.54, 1.807) is 26.4 Å². The molecule has 0 saturated carbocycles. The molecule has 0 fully saturated rings. The van der Waals surface area contributed by atoms with E-state index in [-0.39, 0.29) is 11.5 Å². The van der Waals surface area contributed by atoms with Crippen LogP contribution in [-0.4, -0.2) is 22.6 Å². The number of nitrogens with zero attached hydrogens (tertiary/aromatic N) is 2. The molecule has 1 N–H and O–H groups in total. The fraction of sp³-hybridized carbons (Fsp3) is 0.167. The summed E-state index contributed by atoms with van der Waals surface area (Å²) in [5.41, 5.74) is 2.75. The number of methoxy groups -OCH3 is 1. The molecule has 0 bridgehead atoms. The largest absolute Gasteiger partial charge is 0.496 e. The summed E-state index contributed by atoms with van der Waals surface area (Å²) in [6.07, 6.45) is 1.56. The number of amides is 1. The molecule has 2 aromatic heterocycles. The number of rotatable bonds is 4. The Bertz CT molecular complexity index is 991. The third-order valence-electron chi connectivity index (χ3n) is 3.72. The van der Waals surface area contributed by atoms with Gasteiger partial charge in [0.15, 0.2) is 5.13 Å². The van der Waals surface area contributed by atoms with E-state index >= 15 is 0 Å². The van der Waals surface area contributed by atoms with Crippen LogP contribution in [0.15, 0.2) is 46.7 Å². The van der Waals surface area contributed by atoms with Crippen LogP contribution in [0, 0.1) is 6.92 Å². The van der Waals surface area contributed by atoms with Crippen LogP contribution in [-0.2, 0) is 7.05 Å². The van der Waals surface area contributed by atoms with Gasteiger partial charge in [-0.05, 0) is 25.1 Å². The molecule has 0 unspecified atom stereocenters. The summed E-state index contributed by atoms with van der Waals surface area (Å²) in [7, 11) is 3.24. The van der Waals surface area contributed by atoms with E-state index in [4.69, 9.17) is 4.74 Å². The molecular weight excluding hydrogens is 338 g/mol.